The molecule has 0 saturated heterocycles. The molecule has 2 heterocycles. The Morgan fingerprint density at radius 1 is 1.46 bits per heavy atom. The van der Waals surface area contributed by atoms with Crippen molar-refractivity contribution < 1.29 is 9.72 Å². The van der Waals surface area contributed by atoms with Crippen molar-refractivity contribution in [3.05, 3.63) is 38.8 Å². The average molecular weight is 355 g/mol. The first-order chi connectivity index (χ1) is 11.4. The predicted molar refractivity (Wildman–Crippen MR) is 87.7 cm³/mol. The van der Waals surface area contributed by atoms with Gasteiger partial charge in [0.2, 0.25) is 5.91 Å². The van der Waals surface area contributed by atoms with Gasteiger partial charge in [-0.05, 0) is 25.2 Å². The molecule has 0 aliphatic heterocycles. The number of aromatic nitrogens is 4. The molecule has 0 fully saturated rings. The molecular weight excluding hydrogens is 336 g/mol. The molecule has 24 heavy (non-hydrogen) atoms. The van der Waals surface area contributed by atoms with Crippen molar-refractivity contribution in [2.45, 2.75) is 46.3 Å². The molecule has 0 aliphatic rings. The van der Waals surface area contributed by atoms with Crippen LogP contribution in [0.3, 0.4) is 0 Å². The van der Waals surface area contributed by atoms with E-state index in [0.717, 1.165) is 0 Å². The number of halogens is 1. The van der Waals surface area contributed by atoms with Crippen LogP contribution in [0.5, 0.6) is 0 Å². The molecule has 2 rings (SSSR count). The van der Waals surface area contributed by atoms with Gasteiger partial charge in [0.1, 0.15) is 5.69 Å². The smallest absolute Gasteiger partial charge is 0.358 e. The highest BCUT2D eigenvalue weighted by Gasteiger charge is 2.27. The molecule has 130 valence electrons. The largest absolute Gasteiger partial charge is 0.390 e. The van der Waals surface area contributed by atoms with E-state index in [9.17, 15) is 14.9 Å². The molecule has 1 unspecified atom stereocenters. The van der Waals surface area contributed by atoms with Gasteiger partial charge in [0.05, 0.1) is 28.4 Å². The van der Waals surface area contributed by atoms with E-state index in [1.165, 1.54) is 10.7 Å². The fraction of sp³-hybridized carbons (Fsp3) is 0.500. The van der Waals surface area contributed by atoms with E-state index < -0.39 is 11.0 Å². The van der Waals surface area contributed by atoms with Gasteiger partial charge in [-0.1, -0.05) is 18.5 Å². The van der Waals surface area contributed by atoms with Crippen LogP contribution in [0.2, 0.25) is 5.02 Å². The predicted octanol–water partition coefficient (Wildman–Crippen LogP) is 2.24. The molecule has 9 nitrogen and oxygen atoms in total. The minimum atomic E-state index is -0.634. The van der Waals surface area contributed by atoms with Crippen LogP contribution < -0.4 is 5.32 Å². The summed E-state index contributed by atoms with van der Waals surface area (Å²) in [6, 6.07) is 0.709. The number of hydrogen-bond donors (Lipinski definition) is 1. The fourth-order valence-corrected chi connectivity index (χ4v) is 2.57. The number of carbonyl (C=O) groups excluding carboxylic acids is 1. The Morgan fingerprint density at radius 3 is 2.67 bits per heavy atom. The van der Waals surface area contributed by atoms with Crippen molar-refractivity contribution >= 4 is 23.3 Å². The maximum Gasteiger partial charge on any atom is 0.390 e. The molecule has 1 amide bonds. The quantitative estimate of drug-likeness (QED) is 0.606. The molecule has 10 heteroatoms. The second kappa shape index (κ2) is 7.43. The first kappa shape index (κ1) is 17.9. The van der Waals surface area contributed by atoms with Crippen LogP contribution in [0, 0.1) is 17.0 Å². The van der Waals surface area contributed by atoms with Gasteiger partial charge in [0.15, 0.2) is 6.04 Å². The van der Waals surface area contributed by atoms with Gasteiger partial charge < -0.3 is 15.4 Å². The zero-order valence-electron chi connectivity index (χ0n) is 13.7. The van der Waals surface area contributed by atoms with Crippen LogP contribution in [-0.4, -0.2) is 30.4 Å². The Bertz CT molecular complexity index is 754. The minimum Gasteiger partial charge on any atom is -0.358 e. The summed E-state index contributed by atoms with van der Waals surface area (Å²) >= 11 is 6.07. The molecule has 2 aromatic heterocycles. The Balaban J connectivity index is 2.11. The third-order valence-electron chi connectivity index (χ3n) is 3.62. The summed E-state index contributed by atoms with van der Waals surface area (Å²) in [7, 11) is 0. The zero-order valence-corrected chi connectivity index (χ0v) is 14.4. The normalized spacial score (nSPS) is 12.2. The van der Waals surface area contributed by atoms with E-state index in [-0.39, 0.29) is 18.3 Å². The van der Waals surface area contributed by atoms with Crippen molar-refractivity contribution in [1.29, 1.82) is 0 Å². The van der Waals surface area contributed by atoms with E-state index in [1.54, 1.807) is 17.8 Å². The van der Waals surface area contributed by atoms with Crippen molar-refractivity contribution in [1.82, 2.24) is 24.9 Å². The fourth-order valence-electron chi connectivity index (χ4n) is 2.35. The lowest BCUT2D eigenvalue weighted by molar-refractivity contribution is -0.389. The third kappa shape index (κ3) is 3.73. The van der Waals surface area contributed by atoms with Gasteiger partial charge in [0, 0.05) is 12.7 Å². The summed E-state index contributed by atoms with van der Waals surface area (Å²) in [5.41, 5.74) is 1.13. The summed E-state index contributed by atoms with van der Waals surface area (Å²) < 4.78 is 3.06. The maximum atomic E-state index is 12.4. The highest BCUT2D eigenvalue weighted by atomic mass is 35.5. The molecule has 0 saturated carbocycles. The second-order valence-corrected chi connectivity index (χ2v) is 5.67. The lowest BCUT2D eigenvalue weighted by Gasteiger charge is -2.13. The molecule has 0 spiro atoms. The van der Waals surface area contributed by atoms with Crippen LogP contribution in [0.1, 0.15) is 37.7 Å². The van der Waals surface area contributed by atoms with Gasteiger partial charge in [0.25, 0.3) is 0 Å². The number of rotatable bonds is 7. The van der Waals surface area contributed by atoms with Crippen LogP contribution in [-0.2, 0) is 17.9 Å². The topological polar surface area (TPSA) is 108 Å². The van der Waals surface area contributed by atoms with Crippen LogP contribution in [0.25, 0.3) is 0 Å². The highest BCUT2D eigenvalue weighted by molar-refractivity contribution is 6.31. The maximum absolute atomic E-state index is 12.4. The lowest BCUT2D eigenvalue weighted by Crippen LogP contribution is -2.33. The van der Waals surface area contributed by atoms with Crippen molar-refractivity contribution in [2.75, 3.05) is 0 Å². The van der Waals surface area contributed by atoms with E-state index in [0.29, 0.717) is 29.4 Å². The summed E-state index contributed by atoms with van der Waals surface area (Å²) in [4.78, 5) is 22.7. The second-order valence-electron chi connectivity index (χ2n) is 5.27. The van der Waals surface area contributed by atoms with Gasteiger partial charge in [-0.25, -0.2) is 0 Å². The Hall–Kier alpha value is -2.42. The number of nitrogens with zero attached hydrogens (tertiary/aromatic N) is 5. The number of carbonyl (C=O) groups is 1. The number of nitro groups is 1. The van der Waals surface area contributed by atoms with Gasteiger partial charge in [-0.15, -0.1) is 0 Å². The standard InChI is InChI=1S/C14H19ClN6O3/c1-4-12(20-9(3)6-13(18-20)21(23)24)14(22)16-7-11-10(15)8-19(5-2)17-11/h6,8,12H,4-5,7H2,1-3H3,(H,16,22). The summed E-state index contributed by atoms with van der Waals surface area (Å²) in [5, 5.41) is 22.2. The number of aryl methyl sites for hydroxylation is 2. The number of hydrogen-bond acceptors (Lipinski definition) is 5. The summed E-state index contributed by atoms with van der Waals surface area (Å²) in [6.45, 7) is 6.29. The van der Waals surface area contributed by atoms with Gasteiger partial charge in [-0.2, -0.15) is 9.78 Å². The Morgan fingerprint density at radius 2 is 2.17 bits per heavy atom. The summed E-state index contributed by atoms with van der Waals surface area (Å²) in [6.07, 6.45) is 2.14. The highest BCUT2D eigenvalue weighted by Crippen LogP contribution is 2.19. The van der Waals surface area contributed by atoms with Crippen LogP contribution in [0.15, 0.2) is 12.3 Å². The Labute approximate surface area is 143 Å². The molecule has 0 radical (unpaired) electrons. The lowest BCUT2D eigenvalue weighted by atomic mass is 10.2. The van der Waals surface area contributed by atoms with Crippen LogP contribution in [0.4, 0.5) is 5.82 Å². The van der Waals surface area contributed by atoms with Crippen molar-refractivity contribution in [3.8, 4) is 0 Å². The first-order valence-corrected chi connectivity index (χ1v) is 7.95. The van der Waals surface area contributed by atoms with E-state index >= 15 is 0 Å². The van der Waals surface area contributed by atoms with Crippen molar-refractivity contribution in [3.63, 3.8) is 0 Å². The van der Waals surface area contributed by atoms with E-state index in [4.69, 9.17) is 11.6 Å². The average Bonchev–Trinajstić information content (AvgIpc) is 3.09. The molecular formula is C14H19ClN6O3. The first-order valence-electron chi connectivity index (χ1n) is 7.57. The molecule has 2 aromatic rings. The number of nitrogens with one attached hydrogen (secondary N) is 1. The molecule has 0 aliphatic carbocycles. The minimum absolute atomic E-state index is 0.184. The third-order valence-corrected chi connectivity index (χ3v) is 3.94. The molecule has 0 bridgehead atoms. The monoisotopic (exact) mass is 354 g/mol. The SMILES string of the molecule is CCC(C(=O)NCc1nn(CC)cc1Cl)n1nc([N+](=O)[O-])cc1C. The molecule has 1 N–H and O–H groups in total. The van der Waals surface area contributed by atoms with E-state index in [2.05, 4.69) is 15.5 Å². The summed E-state index contributed by atoms with van der Waals surface area (Å²) in [5.74, 6) is -0.566. The van der Waals surface area contributed by atoms with Crippen molar-refractivity contribution in [2.24, 2.45) is 0 Å². The van der Waals surface area contributed by atoms with Gasteiger partial charge >= 0.3 is 5.82 Å². The molecule has 1 atom stereocenters. The van der Waals surface area contributed by atoms with E-state index in [1.807, 2.05) is 13.8 Å². The van der Waals surface area contributed by atoms with Crippen LogP contribution >= 0.6 is 11.6 Å². The number of amides is 1. The van der Waals surface area contributed by atoms with Gasteiger partial charge in [-0.3, -0.25) is 9.48 Å². The Kier molecular flexibility index (Phi) is 5.55. The molecule has 0 aromatic carbocycles. The zero-order chi connectivity index (χ0) is 17.9.